The molecule has 0 spiro atoms. The third-order valence-corrected chi connectivity index (χ3v) is 8.76. The Bertz CT molecular complexity index is 1370. The molecule has 0 saturated carbocycles. The number of carboxylic acid groups (broad SMARTS) is 1. The largest absolute Gasteiger partial charge is 0.465 e. The molecule has 1 saturated heterocycles. The molecule has 0 bridgehead atoms. The molecule has 4 aromatic rings. The van der Waals surface area contributed by atoms with Crippen LogP contribution in [0.1, 0.15) is 24.7 Å². The normalized spacial score (nSPS) is 15.8. The molecule has 2 aromatic heterocycles. The molecular weight excluding hydrogens is 494 g/mol. The quantitative estimate of drug-likeness (QED) is 0.185. The van der Waals surface area contributed by atoms with Gasteiger partial charge in [-0.1, -0.05) is 68.2 Å². The first kappa shape index (κ1) is 25.9. The van der Waals surface area contributed by atoms with Crippen molar-refractivity contribution in [1.82, 2.24) is 24.4 Å². The molecule has 1 fully saturated rings. The summed E-state index contributed by atoms with van der Waals surface area (Å²) >= 11 is 0. The number of hydrogen-bond acceptors (Lipinski definition) is 4. The van der Waals surface area contributed by atoms with Crippen molar-refractivity contribution >= 4 is 14.2 Å². The summed E-state index contributed by atoms with van der Waals surface area (Å²) in [5, 5.41) is 9.44. The molecule has 2 aromatic carbocycles. The van der Waals surface area contributed by atoms with Crippen molar-refractivity contribution < 1.29 is 14.6 Å². The van der Waals surface area contributed by atoms with Gasteiger partial charge in [0.15, 0.2) is 0 Å². The second-order valence-electron chi connectivity index (χ2n) is 11.1. The fourth-order valence-corrected chi connectivity index (χ4v) is 5.57. The molecule has 9 heteroatoms. The van der Waals surface area contributed by atoms with Gasteiger partial charge in [0.1, 0.15) is 12.6 Å². The van der Waals surface area contributed by atoms with E-state index in [-0.39, 0.29) is 6.04 Å². The molecule has 1 aliphatic rings. The Balaban J connectivity index is 1.24. The lowest BCUT2D eigenvalue weighted by Crippen LogP contribution is -2.29. The number of benzene rings is 2. The zero-order valence-corrected chi connectivity index (χ0v) is 23.2. The highest BCUT2D eigenvalue weighted by Crippen LogP contribution is 2.32. The molecule has 1 aliphatic heterocycles. The van der Waals surface area contributed by atoms with Crippen LogP contribution in [-0.2, 0) is 11.5 Å². The van der Waals surface area contributed by atoms with E-state index in [1.54, 1.807) is 6.20 Å². The first-order chi connectivity index (χ1) is 18.3. The lowest BCUT2D eigenvalue weighted by atomic mass is 10.0. The maximum Gasteiger partial charge on any atom is 0.407 e. The van der Waals surface area contributed by atoms with Crippen molar-refractivity contribution in [3.63, 3.8) is 0 Å². The third kappa shape index (κ3) is 5.89. The summed E-state index contributed by atoms with van der Waals surface area (Å²) in [6.45, 7) is 8.91. The average Bonchev–Trinajstić information content (AvgIpc) is 3.67. The van der Waals surface area contributed by atoms with Gasteiger partial charge in [0, 0.05) is 21.2 Å². The number of imidazole rings is 2. The van der Waals surface area contributed by atoms with Crippen LogP contribution in [0.4, 0.5) is 4.79 Å². The van der Waals surface area contributed by atoms with Crippen molar-refractivity contribution in [2.45, 2.75) is 51.3 Å². The molecule has 198 valence electrons. The van der Waals surface area contributed by atoms with E-state index >= 15 is 0 Å². The minimum absolute atomic E-state index is 0.202. The van der Waals surface area contributed by atoms with Crippen molar-refractivity contribution in [1.29, 1.82) is 0 Å². The first-order valence-electron chi connectivity index (χ1n) is 13.1. The van der Waals surface area contributed by atoms with Crippen LogP contribution in [0, 0.1) is 0 Å². The number of H-pyrrole nitrogens is 1. The van der Waals surface area contributed by atoms with Crippen LogP contribution in [-0.4, -0.2) is 56.8 Å². The highest BCUT2D eigenvalue weighted by Gasteiger charge is 2.31. The SMILES string of the molecule is C[Si](C)(C)CCOCn1cncc1-c1ccc(-c2ccc(-c3cnc(C4CCCN4C(=O)O)[nH]3)cc2)cc1. The van der Waals surface area contributed by atoms with E-state index < -0.39 is 14.2 Å². The van der Waals surface area contributed by atoms with E-state index in [1.165, 1.54) is 4.90 Å². The van der Waals surface area contributed by atoms with E-state index in [1.807, 2.05) is 17.1 Å². The van der Waals surface area contributed by atoms with E-state index in [2.05, 4.69) is 83.1 Å². The van der Waals surface area contributed by atoms with Gasteiger partial charge in [-0.25, -0.2) is 14.8 Å². The van der Waals surface area contributed by atoms with Gasteiger partial charge >= 0.3 is 6.09 Å². The number of nitrogens with one attached hydrogen (secondary N) is 1. The lowest BCUT2D eigenvalue weighted by Gasteiger charge is -2.19. The van der Waals surface area contributed by atoms with Gasteiger partial charge in [-0.05, 0) is 41.1 Å². The molecule has 1 amide bonds. The highest BCUT2D eigenvalue weighted by molar-refractivity contribution is 6.76. The van der Waals surface area contributed by atoms with Gasteiger partial charge in [-0.2, -0.15) is 0 Å². The predicted molar refractivity (Wildman–Crippen MR) is 151 cm³/mol. The maximum atomic E-state index is 11.5. The Kier molecular flexibility index (Phi) is 7.48. The minimum Gasteiger partial charge on any atom is -0.465 e. The van der Waals surface area contributed by atoms with Gasteiger partial charge in [-0.3, -0.25) is 4.90 Å². The fraction of sp³-hybridized carbons (Fsp3) is 0.345. The number of aromatic amines is 1. The average molecular weight is 530 g/mol. The number of aromatic nitrogens is 4. The van der Waals surface area contributed by atoms with Crippen LogP contribution in [0.15, 0.2) is 67.3 Å². The topological polar surface area (TPSA) is 96.3 Å². The van der Waals surface area contributed by atoms with Gasteiger partial charge < -0.3 is 19.4 Å². The van der Waals surface area contributed by atoms with Crippen molar-refractivity contribution in [2.24, 2.45) is 0 Å². The monoisotopic (exact) mass is 529 g/mol. The molecule has 5 rings (SSSR count). The summed E-state index contributed by atoms with van der Waals surface area (Å²) in [6.07, 6.45) is 6.25. The van der Waals surface area contributed by atoms with Crippen LogP contribution in [0.3, 0.4) is 0 Å². The van der Waals surface area contributed by atoms with Crippen LogP contribution in [0.5, 0.6) is 0 Å². The molecule has 1 unspecified atom stereocenters. The Morgan fingerprint density at radius 3 is 2.34 bits per heavy atom. The van der Waals surface area contributed by atoms with E-state index in [0.717, 1.165) is 59.1 Å². The number of nitrogens with zero attached hydrogens (tertiary/aromatic N) is 4. The summed E-state index contributed by atoms with van der Waals surface area (Å²) in [5.41, 5.74) is 6.30. The standard InChI is InChI=1S/C29H35N5O3Si/c1-38(2,3)16-15-37-20-33-19-30-18-27(33)24-12-8-22(9-13-24)21-6-10-23(11-7-21)25-17-31-28(32-25)26-5-4-14-34(26)29(35)36/h6-13,17-19,26H,4-5,14-16,20H2,1-3H3,(H,31,32)(H,35,36). The predicted octanol–water partition coefficient (Wildman–Crippen LogP) is 6.73. The number of hydrogen-bond donors (Lipinski definition) is 2. The van der Waals surface area contributed by atoms with Gasteiger partial charge in [0.05, 0.1) is 36.2 Å². The Morgan fingerprint density at radius 1 is 1.03 bits per heavy atom. The van der Waals surface area contributed by atoms with Crippen LogP contribution < -0.4 is 0 Å². The molecule has 3 heterocycles. The summed E-state index contributed by atoms with van der Waals surface area (Å²) in [7, 11) is -1.11. The van der Waals surface area contributed by atoms with Gasteiger partial charge in [0.25, 0.3) is 0 Å². The number of rotatable bonds is 9. The van der Waals surface area contributed by atoms with Crippen molar-refractivity contribution in [3.8, 4) is 33.6 Å². The van der Waals surface area contributed by atoms with Crippen LogP contribution >= 0.6 is 0 Å². The summed E-state index contributed by atoms with van der Waals surface area (Å²) < 4.78 is 7.97. The van der Waals surface area contributed by atoms with Crippen LogP contribution in [0.2, 0.25) is 25.7 Å². The molecule has 38 heavy (non-hydrogen) atoms. The fourth-order valence-electron chi connectivity index (χ4n) is 4.81. The molecule has 1 atom stereocenters. The molecule has 2 N–H and O–H groups in total. The first-order valence-corrected chi connectivity index (χ1v) is 16.8. The second kappa shape index (κ2) is 11.0. The Morgan fingerprint density at radius 2 is 1.68 bits per heavy atom. The zero-order chi connectivity index (χ0) is 26.7. The third-order valence-electron chi connectivity index (χ3n) is 7.06. The minimum atomic E-state index is -1.11. The molecular formula is C29H35N5O3Si. The number of ether oxygens (including phenoxy) is 1. The smallest absolute Gasteiger partial charge is 0.407 e. The number of amides is 1. The van der Waals surface area contributed by atoms with Crippen LogP contribution in [0.25, 0.3) is 33.6 Å². The van der Waals surface area contributed by atoms with Crippen molar-refractivity contribution in [3.05, 3.63) is 73.1 Å². The Labute approximate surface area is 224 Å². The molecule has 0 radical (unpaired) electrons. The molecule has 0 aliphatic carbocycles. The summed E-state index contributed by atoms with van der Waals surface area (Å²) in [5.74, 6) is 0.709. The van der Waals surface area contributed by atoms with E-state index in [4.69, 9.17) is 4.74 Å². The number of carbonyl (C=O) groups is 1. The van der Waals surface area contributed by atoms with E-state index in [9.17, 15) is 9.90 Å². The summed E-state index contributed by atoms with van der Waals surface area (Å²) in [4.78, 5) is 25.1. The highest BCUT2D eigenvalue weighted by atomic mass is 28.3. The van der Waals surface area contributed by atoms with Crippen molar-refractivity contribution in [2.75, 3.05) is 13.2 Å². The second-order valence-corrected chi connectivity index (χ2v) is 16.7. The van der Waals surface area contributed by atoms with E-state index in [0.29, 0.717) is 19.1 Å². The maximum absolute atomic E-state index is 11.5. The molecule has 8 nitrogen and oxygen atoms in total. The zero-order valence-electron chi connectivity index (χ0n) is 22.2. The van der Waals surface area contributed by atoms with Gasteiger partial charge in [-0.15, -0.1) is 0 Å². The Hall–Kier alpha value is -3.69. The summed E-state index contributed by atoms with van der Waals surface area (Å²) in [6, 6.07) is 17.8. The number of likely N-dealkylation sites (tertiary alicyclic amines) is 1. The van der Waals surface area contributed by atoms with Gasteiger partial charge in [0.2, 0.25) is 0 Å². The lowest BCUT2D eigenvalue weighted by molar-refractivity contribution is 0.0882.